The van der Waals surface area contributed by atoms with Crippen LogP contribution in [0.25, 0.3) is 0 Å². The lowest BCUT2D eigenvalue weighted by atomic mass is 10.3. The third-order valence-corrected chi connectivity index (χ3v) is 3.37. The number of carboxylic acid groups (broad SMARTS) is 1. The lowest BCUT2D eigenvalue weighted by Gasteiger charge is -2.16. The first kappa shape index (κ1) is 14.9. The van der Waals surface area contributed by atoms with Gasteiger partial charge in [0.2, 0.25) is 0 Å². The Morgan fingerprint density at radius 2 is 1.20 bits per heavy atom. The van der Waals surface area contributed by atoms with Crippen LogP contribution in [0.2, 0.25) is 0 Å². The van der Waals surface area contributed by atoms with E-state index in [-0.39, 0.29) is 0 Å². The van der Waals surface area contributed by atoms with Crippen LogP contribution < -0.4 is 9.47 Å². The minimum Gasteiger partial charge on any atom is -0.476 e. The maximum atomic E-state index is 11.2. The molecule has 0 radical (unpaired) electrons. The molecule has 0 spiro atoms. The van der Waals surface area contributed by atoms with E-state index in [2.05, 4.69) is 31.9 Å². The number of carbonyl (C=O) groups is 1. The third kappa shape index (κ3) is 4.25. The first-order chi connectivity index (χ1) is 9.54. The van der Waals surface area contributed by atoms with E-state index in [1.54, 1.807) is 48.5 Å². The van der Waals surface area contributed by atoms with Crippen molar-refractivity contribution in [2.24, 2.45) is 0 Å². The van der Waals surface area contributed by atoms with Gasteiger partial charge < -0.3 is 14.6 Å². The summed E-state index contributed by atoms with van der Waals surface area (Å²) in [7, 11) is 0. The molecule has 0 fully saturated rings. The first-order valence-corrected chi connectivity index (χ1v) is 7.20. The van der Waals surface area contributed by atoms with Crippen molar-refractivity contribution in [2.45, 2.75) is 6.29 Å². The molecule has 0 saturated carbocycles. The molecule has 2 aromatic carbocycles. The quantitative estimate of drug-likeness (QED) is 0.767. The molecule has 0 aliphatic rings. The van der Waals surface area contributed by atoms with Crippen LogP contribution in [-0.2, 0) is 4.79 Å². The van der Waals surface area contributed by atoms with E-state index in [1.807, 2.05) is 0 Å². The van der Waals surface area contributed by atoms with E-state index in [9.17, 15) is 4.79 Å². The van der Waals surface area contributed by atoms with Crippen molar-refractivity contribution in [3.8, 4) is 11.5 Å². The number of benzene rings is 2. The maximum absolute atomic E-state index is 11.2. The van der Waals surface area contributed by atoms with Gasteiger partial charge in [-0.3, -0.25) is 0 Å². The van der Waals surface area contributed by atoms with Gasteiger partial charge >= 0.3 is 12.3 Å². The summed E-state index contributed by atoms with van der Waals surface area (Å²) in [4.78, 5) is 11.2. The van der Waals surface area contributed by atoms with Crippen molar-refractivity contribution in [3.63, 3.8) is 0 Å². The van der Waals surface area contributed by atoms with Crippen molar-refractivity contribution >= 4 is 37.8 Å². The van der Waals surface area contributed by atoms with Gasteiger partial charge in [0.1, 0.15) is 11.5 Å². The Bertz CT molecular complexity index is 534. The van der Waals surface area contributed by atoms with E-state index in [0.29, 0.717) is 11.5 Å². The third-order valence-electron chi connectivity index (χ3n) is 2.32. The van der Waals surface area contributed by atoms with Crippen molar-refractivity contribution in [3.05, 3.63) is 57.5 Å². The predicted molar refractivity (Wildman–Crippen MR) is 81.0 cm³/mol. The molecular formula is C14H10Br2O4. The van der Waals surface area contributed by atoms with E-state index in [1.165, 1.54) is 0 Å². The molecule has 6 heteroatoms. The summed E-state index contributed by atoms with van der Waals surface area (Å²) in [6, 6.07) is 13.7. The van der Waals surface area contributed by atoms with Gasteiger partial charge in [-0.25, -0.2) is 4.79 Å². The Labute approximate surface area is 132 Å². The first-order valence-electron chi connectivity index (χ1n) is 5.62. The minimum absolute atomic E-state index is 0.415. The zero-order valence-corrected chi connectivity index (χ0v) is 13.3. The zero-order chi connectivity index (χ0) is 14.5. The summed E-state index contributed by atoms with van der Waals surface area (Å²) in [5.41, 5.74) is 0. The summed E-state index contributed by atoms with van der Waals surface area (Å²) >= 11 is 6.59. The van der Waals surface area contributed by atoms with E-state index in [0.717, 1.165) is 8.95 Å². The molecule has 0 aromatic heterocycles. The Hall–Kier alpha value is -1.53. The molecule has 0 amide bonds. The zero-order valence-electron chi connectivity index (χ0n) is 10.1. The number of halogens is 2. The highest BCUT2D eigenvalue weighted by Crippen LogP contribution is 2.20. The van der Waals surface area contributed by atoms with Crippen molar-refractivity contribution in [1.82, 2.24) is 0 Å². The second-order valence-corrected chi connectivity index (χ2v) is 5.65. The highest BCUT2D eigenvalue weighted by atomic mass is 79.9. The van der Waals surface area contributed by atoms with Gasteiger partial charge in [-0.15, -0.1) is 0 Å². The van der Waals surface area contributed by atoms with Crippen LogP contribution >= 0.6 is 31.9 Å². The Kier molecular flexibility index (Phi) is 5.03. The molecule has 2 aromatic rings. The number of ether oxygens (including phenoxy) is 2. The second kappa shape index (κ2) is 6.76. The van der Waals surface area contributed by atoms with Gasteiger partial charge in [-0.05, 0) is 48.5 Å². The number of rotatable bonds is 5. The molecule has 104 valence electrons. The van der Waals surface area contributed by atoms with E-state index < -0.39 is 12.3 Å². The van der Waals surface area contributed by atoms with Crippen LogP contribution in [0.4, 0.5) is 0 Å². The molecule has 0 unspecified atom stereocenters. The molecule has 0 aliphatic carbocycles. The SMILES string of the molecule is O=C(O)C(Oc1ccc(Br)cc1)Oc1ccc(Br)cc1. The lowest BCUT2D eigenvalue weighted by Crippen LogP contribution is -2.33. The second-order valence-electron chi connectivity index (χ2n) is 3.81. The maximum Gasteiger partial charge on any atom is 0.387 e. The normalized spacial score (nSPS) is 10.3. The molecule has 0 heterocycles. The Balaban J connectivity index is 2.09. The standard InChI is InChI=1S/C14H10Br2O4/c15-9-1-5-11(6-2-9)19-14(13(17)18)20-12-7-3-10(16)4-8-12/h1-8,14H,(H,17,18). The van der Waals surface area contributed by atoms with Crippen molar-refractivity contribution in [2.75, 3.05) is 0 Å². The fourth-order valence-corrected chi connectivity index (χ4v) is 1.93. The molecule has 2 rings (SSSR count). The van der Waals surface area contributed by atoms with Crippen molar-refractivity contribution in [1.29, 1.82) is 0 Å². The van der Waals surface area contributed by atoms with Gasteiger partial charge in [-0.1, -0.05) is 31.9 Å². The number of hydrogen-bond donors (Lipinski definition) is 1. The van der Waals surface area contributed by atoms with E-state index >= 15 is 0 Å². The van der Waals surface area contributed by atoms with Crippen LogP contribution in [0.15, 0.2) is 57.5 Å². The molecule has 0 aliphatic heterocycles. The van der Waals surface area contributed by atoms with Crippen LogP contribution in [0.3, 0.4) is 0 Å². The molecular weight excluding hydrogens is 392 g/mol. The summed E-state index contributed by atoms with van der Waals surface area (Å²) in [6.07, 6.45) is -1.41. The summed E-state index contributed by atoms with van der Waals surface area (Å²) in [5.74, 6) is -0.369. The molecule has 0 atom stereocenters. The highest BCUT2D eigenvalue weighted by Gasteiger charge is 2.21. The van der Waals surface area contributed by atoms with Gasteiger partial charge in [-0.2, -0.15) is 0 Å². The Morgan fingerprint density at radius 1 is 0.850 bits per heavy atom. The molecule has 4 nitrogen and oxygen atoms in total. The summed E-state index contributed by atoms with van der Waals surface area (Å²) in [6.45, 7) is 0. The monoisotopic (exact) mass is 400 g/mol. The molecule has 20 heavy (non-hydrogen) atoms. The van der Waals surface area contributed by atoms with Crippen molar-refractivity contribution < 1.29 is 19.4 Å². The molecule has 0 bridgehead atoms. The highest BCUT2D eigenvalue weighted by molar-refractivity contribution is 9.10. The number of aliphatic carboxylic acids is 1. The molecule has 0 saturated heterocycles. The van der Waals surface area contributed by atoms with Crippen LogP contribution in [0, 0.1) is 0 Å². The predicted octanol–water partition coefficient (Wildman–Crippen LogP) is 4.08. The van der Waals surface area contributed by atoms with Gasteiger partial charge in [0.05, 0.1) is 0 Å². The largest absolute Gasteiger partial charge is 0.476 e. The number of carboxylic acids is 1. The van der Waals surface area contributed by atoms with Gasteiger partial charge in [0, 0.05) is 8.95 Å². The summed E-state index contributed by atoms with van der Waals surface area (Å²) < 4.78 is 12.4. The number of hydrogen-bond acceptors (Lipinski definition) is 3. The minimum atomic E-state index is -1.41. The Morgan fingerprint density at radius 3 is 1.50 bits per heavy atom. The summed E-state index contributed by atoms with van der Waals surface area (Å²) in [5, 5.41) is 9.14. The average molecular weight is 402 g/mol. The molecule has 1 N–H and O–H groups in total. The smallest absolute Gasteiger partial charge is 0.387 e. The van der Waals surface area contributed by atoms with Gasteiger partial charge in [0.25, 0.3) is 0 Å². The average Bonchev–Trinajstić information content (AvgIpc) is 2.42. The van der Waals surface area contributed by atoms with Crippen LogP contribution in [-0.4, -0.2) is 17.4 Å². The topological polar surface area (TPSA) is 55.8 Å². The van der Waals surface area contributed by atoms with E-state index in [4.69, 9.17) is 14.6 Å². The fraction of sp³-hybridized carbons (Fsp3) is 0.0714. The lowest BCUT2D eigenvalue weighted by molar-refractivity contribution is -0.158. The van der Waals surface area contributed by atoms with Crippen LogP contribution in [0.1, 0.15) is 0 Å². The fourth-order valence-electron chi connectivity index (χ4n) is 1.40. The van der Waals surface area contributed by atoms with Gasteiger partial charge in [0.15, 0.2) is 0 Å². The van der Waals surface area contributed by atoms with Crippen LogP contribution in [0.5, 0.6) is 11.5 Å².